The van der Waals surface area contributed by atoms with E-state index in [0.717, 1.165) is 44.3 Å². The molecule has 1 atom stereocenters. The minimum atomic E-state index is -0.122. The van der Waals surface area contributed by atoms with Gasteiger partial charge >= 0.3 is 0 Å². The smallest absolute Gasteiger partial charge is 0.248 e. The Balaban J connectivity index is 1.74. The van der Waals surface area contributed by atoms with E-state index in [9.17, 15) is 4.79 Å². The summed E-state index contributed by atoms with van der Waals surface area (Å²) in [6.45, 7) is 5.80. The van der Waals surface area contributed by atoms with Crippen LogP contribution in [0.2, 0.25) is 0 Å². The summed E-state index contributed by atoms with van der Waals surface area (Å²) in [5, 5.41) is 3.90. The van der Waals surface area contributed by atoms with Gasteiger partial charge in [-0.2, -0.15) is 11.8 Å². The number of nitrogens with zero attached hydrogens (tertiary/aromatic N) is 1. The Morgan fingerprint density at radius 3 is 2.83 bits per heavy atom. The molecule has 0 aliphatic carbocycles. The van der Waals surface area contributed by atoms with E-state index in [1.807, 2.05) is 16.7 Å². The molecule has 1 amide bonds. The van der Waals surface area contributed by atoms with Gasteiger partial charge in [0.25, 0.3) is 0 Å². The molecule has 0 aromatic rings. The first kappa shape index (κ1) is 14.2. The number of thioether (sulfide) groups is 1. The molecular formula is C13H24N2O2S. The average molecular weight is 272 g/mol. The first-order chi connectivity index (χ1) is 8.63. The van der Waals surface area contributed by atoms with Crippen molar-refractivity contribution >= 4 is 17.7 Å². The predicted molar refractivity (Wildman–Crippen MR) is 75.0 cm³/mol. The van der Waals surface area contributed by atoms with Crippen molar-refractivity contribution in [2.75, 3.05) is 39.0 Å². The van der Waals surface area contributed by atoms with Crippen LogP contribution < -0.4 is 5.32 Å². The number of hydrogen-bond acceptors (Lipinski definition) is 4. The third-order valence-corrected chi connectivity index (χ3v) is 5.04. The Bertz CT molecular complexity index is 295. The molecule has 2 rings (SSSR count). The third kappa shape index (κ3) is 3.62. The Labute approximate surface area is 114 Å². The van der Waals surface area contributed by atoms with Crippen molar-refractivity contribution < 1.29 is 9.53 Å². The van der Waals surface area contributed by atoms with Gasteiger partial charge in [-0.15, -0.1) is 0 Å². The van der Waals surface area contributed by atoms with Gasteiger partial charge in [0.15, 0.2) is 0 Å². The zero-order chi connectivity index (χ0) is 13.0. The van der Waals surface area contributed by atoms with E-state index in [1.165, 1.54) is 6.42 Å². The van der Waals surface area contributed by atoms with E-state index < -0.39 is 0 Å². The fourth-order valence-electron chi connectivity index (χ4n) is 2.46. The zero-order valence-corrected chi connectivity index (χ0v) is 12.2. The topological polar surface area (TPSA) is 41.6 Å². The van der Waals surface area contributed by atoms with E-state index in [0.29, 0.717) is 0 Å². The lowest BCUT2D eigenvalue weighted by atomic mass is 10.0. The van der Waals surface area contributed by atoms with Crippen molar-refractivity contribution in [3.05, 3.63) is 0 Å². The molecule has 2 fully saturated rings. The normalized spacial score (nSPS) is 27.4. The highest BCUT2D eigenvalue weighted by Gasteiger charge is 2.33. The quantitative estimate of drug-likeness (QED) is 0.832. The number of likely N-dealkylation sites (tertiary alicyclic amines) is 1. The summed E-state index contributed by atoms with van der Waals surface area (Å²) in [6.07, 6.45) is 5.63. The van der Waals surface area contributed by atoms with Crippen LogP contribution in [0.1, 0.15) is 26.2 Å². The first-order valence-corrected chi connectivity index (χ1v) is 8.07. The van der Waals surface area contributed by atoms with Crippen LogP contribution in [-0.4, -0.2) is 60.7 Å². The van der Waals surface area contributed by atoms with E-state index in [2.05, 4.69) is 18.5 Å². The number of hydrogen-bond donors (Lipinski definition) is 1. The summed E-state index contributed by atoms with van der Waals surface area (Å²) in [5.41, 5.74) is -0.122. The van der Waals surface area contributed by atoms with Crippen LogP contribution in [0.4, 0.5) is 0 Å². The van der Waals surface area contributed by atoms with Crippen molar-refractivity contribution in [3.8, 4) is 0 Å². The van der Waals surface area contributed by atoms with Gasteiger partial charge in [0.2, 0.25) is 5.91 Å². The molecule has 5 heteroatoms. The molecule has 0 aromatic heterocycles. The maximum Gasteiger partial charge on any atom is 0.248 e. The Morgan fingerprint density at radius 1 is 1.44 bits per heavy atom. The van der Waals surface area contributed by atoms with Gasteiger partial charge in [-0.1, -0.05) is 0 Å². The second-order valence-corrected chi connectivity index (χ2v) is 6.65. The molecule has 18 heavy (non-hydrogen) atoms. The maximum absolute atomic E-state index is 12.1. The second-order valence-electron chi connectivity index (χ2n) is 5.51. The molecule has 0 bridgehead atoms. The number of rotatable bonds is 4. The molecule has 1 unspecified atom stereocenters. The van der Waals surface area contributed by atoms with Crippen LogP contribution in [-0.2, 0) is 9.53 Å². The summed E-state index contributed by atoms with van der Waals surface area (Å²) in [7, 11) is 0. The van der Waals surface area contributed by atoms with Crippen LogP contribution in [0.3, 0.4) is 0 Å². The molecule has 0 saturated carbocycles. The zero-order valence-electron chi connectivity index (χ0n) is 11.4. The van der Waals surface area contributed by atoms with Crippen molar-refractivity contribution in [1.82, 2.24) is 10.2 Å². The largest absolute Gasteiger partial charge is 0.363 e. The molecule has 1 N–H and O–H groups in total. The molecule has 2 saturated heterocycles. The Hall–Kier alpha value is -0.260. The summed E-state index contributed by atoms with van der Waals surface area (Å²) in [4.78, 5) is 14.1. The summed E-state index contributed by atoms with van der Waals surface area (Å²) < 4.78 is 5.72. The van der Waals surface area contributed by atoms with Crippen molar-refractivity contribution in [1.29, 1.82) is 0 Å². The SMILES string of the molecule is CSC1CCCN(C(=O)COC2(C)CNC2)CC1. The second kappa shape index (κ2) is 6.26. The van der Waals surface area contributed by atoms with Crippen LogP contribution in [0.15, 0.2) is 0 Å². The molecule has 2 aliphatic rings. The first-order valence-electron chi connectivity index (χ1n) is 6.78. The number of carbonyl (C=O) groups excluding carboxylic acids is 1. The molecule has 2 heterocycles. The fraction of sp³-hybridized carbons (Fsp3) is 0.923. The van der Waals surface area contributed by atoms with Gasteiger partial charge in [0.05, 0.1) is 5.60 Å². The third-order valence-electron chi connectivity index (χ3n) is 3.90. The molecule has 2 aliphatic heterocycles. The summed E-state index contributed by atoms with van der Waals surface area (Å²) in [6, 6.07) is 0. The van der Waals surface area contributed by atoms with Crippen LogP contribution in [0, 0.1) is 0 Å². The lowest BCUT2D eigenvalue weighted by Gasteiger charge is -2.39. The van der Waals surface area contributed by atoms with Crippen molar-refractivity contribution in [3.63, 3.8) is 0 Å². The van der Waals surface area contributed by atoms with Gasteiger partial charge in [-0.3, -0.25) is 4.79 Å². The lowest BCUT2D eigenvalue weighted by Crippen LogP contribution is -2.59. The highest BCUT2D eigenvalue weighted by Crippen LogP contribution is 2.21. The van der Waals surface area contributed by atoms with Crippen LogP contribution >= 0.6 is 11.8 Å². The molecule has 0 aromatic carbocycles. The van der Waals surface area contributed by atoms with Gasteiger partial charge < -0.3 is 15.0 Å². The highest BCUT2D eigenvalue weighted by atomic mass is 32.2. The van der Waals surface area contributed by atoms with Crippen molar-refractivity contribution in [2.45, 2.75) is 37.0 Å². The number of carbonyl (C=O) groups is 1. The predicted octanol–water partition coefficient (Wildman–Crippen LogP) is 1.11. The average Bonchev–Trinajstić information content (AvgIpc) is 2.58. The van der Waals surface area contributed by atoms with Gasteiger partial charge in [-0.05, 0) is 32.4 Å². The fourth-order valence-corrected chi connectivity index (χ4v) is 3.20. The summed E-state index contributed by atoms with van der Waals surface area (Å²) in [5.74, 6) is 0.157. The summed E-state index contributed by atoms with van der Waals surface area (Å²) >= 11 is 1.93. The van der Waals surface area contributed by atoms with Crippen molar-refractivity contribution in [2.24, 2.45) is 0 Å². The van der Waals surface area contributed by atoms with Crippen LogP contribution in [0.25, 0.3) is 0 Å². The van der Waals surface area contributed by atoms with E-state index >= 15 is 0 Å². The number of amides is 1. The maximum atomic E-state index is 12.1. The van der Waals surface area contributed by atoms with Gasteiger partial charge in [0, 0.05) is 31.4 Å². The monoisotopic (exact) mass is 272 g/mol. The van der Waals surface area contributed by atoms with Gasteiger partial charge in [-0.25, -0.2) is 0 Å². The highest BCUT2D eigenvalue weighted by molar-refractivity contribution is 7.99. The van der Waals surface area contributed by atoms with Crippen LogP contribution in [0.5, 0.6) is 0 Å². The lowest BCUT2D eigenvalue weighted by molar-refractivity contribution is -0.145. The van der Waals surface area contributed by atoms with E-state index in [4.69, 9.17) is 4.74 Å². The minimum Gasteiger partial charge on any atom is -0.363 e. The Morgan fingerprint density at radius 2 is 2.22 bits per heavy atom. The standard InChI is InChI=1S/C13H24N2O2S/c1-13(9-14-10-13)17-8-12(16)15-6-3-4-11(18-2)5-7-15/h11,14H,3-10H2,1-2H3. The van der Waals surface area contributed by atoms with Gasteiger partial charge in [0.1, 0.15) is 6.61 Å². The number of ether oxygens (including phenoxy) is 1. The Kier molecular flexibility index (Phi) is 4.92. The molecule has 4 nitrogen and oxygen atoms in total. The molecule has 0 spiro atoms. The van der Waals surface area contributed by atoms with E-state index in [1.54, 1.807) is 0 Å². The molecule has 0 radical (unpaired) electrons. The molecule has 104 valence electrons. The molecular weight excluding hydrogens is 248 g/mol. The van der Waals surface area contributed by atoms with E-state index in [-0.39, 0.29) is 18.1 Å². The number of nitrogens with one attached hydrogen (secondary N) is 1. The minimum absolute atomic E-state index is 0.122.